The molecule has 0 rings (SSSR count). The van der Waals surface area contributed by atoms with Gasteiger partial charge >= 0.3 is 11.9 Å². The predicted octanol–water partition coefficient (Wildman–Crippen LogP) is -2.61. The highest BCUT2D eigenvalue weighted by Gasteiger charge is 2.31. The quantitative estimate of drug-likeness (QED) is 0.181. The summed E-state index contributed by atoms with van der Waals surface area (Å²) in [4.78, 5) is 57.9. The SMILES string of the molecule is CC(C)C(N)C(=O)NC(CCC(=O)O)C(=O)NC(C(=O)NCC(=O)O)C(C)O. The lowest BCUT2D eigenvalue weighted by molar-refractivity contribution is -0.139. The van der Waals surface area contributed by atoms with E-state index in [1.54, 1.807) is 13.8 Å². The summed E-state index contributed by atoms with van der Waals surface area (Å²) in [6.45, 7) is 3.85. The molecule has 0 aromatic rings. The Hall–Kier alpha value is -2.73. The lowest BCUT2D eigenvalue weighted by atomic mass is 10.0. The van der Waals surface area contributed by atoms with E-state index in [0.717, 1.165) is 0 Å². The Morgan fingerprint density at radius 2 is 1.46 bits per heavy atom. The van der Waals surface area contributed by atoms with Crippen molar-refractivity contribution >= 4 is 29.7 Å². The van der Waals surface area contributed by atoms with Crippen molar-refractivity contribution < 1.29 is 39.3 Å². The molecule has 0 fully saturated rings. The van der Waals surface area contributed by atoms with Crippen molar-refractivity contribution in [3.05, 3.63) is 0 Å². The van der Waals surface area contributed by atoms with Gasteiger partial charge < -0.3 is 37.0 Å². The molecule has 4 unspecified atom stereocenters. The zero-order valence-electron chi connectivity index (χ0n) is 16.0. The van der Waals surface area contributed by atoms with Crippen LogP contribution in [0.4, 0.5) is 0 Å². The van der Waals surface area contributed by atoms with E-state index in [1.807, 2.05) is 5.32 Å². The van der Waals surface area contributed by atoms with Crippen molar-refractivity contribution in [3.63, 3.8) is 0 Å². The largest absolute Gasteiger partial charge is 0.481 e. The number of carboxylic acid groups (broad SMARTS) is 2. The molecule has 0 saturated heterocycles. The number of nitrogens with two attached hydrogens (primary N) is 1. The molecule has 28 heavy (non-hydrogen) atoms. The average Bonchev–Trinajstić information content (AvgIpc) is 2.59. The number of carboxylic acids is 2. The molecule has 0 heterocycles. The van der Waals surface area contributed by atoms with Crippen LogP contribution in [0.15, 0.2) is 0 Å². The van der Waals surface area contributed by atoms with Crippen LogP contribution in [0.5, 0.6) is 0 Å². The summed E-state index contributed by atoms with van der Waals surface area (Å²) in [5, 5.41) is 33.7. The molecule has 160 valence electrons. The zero-order valence-corrected chi connectivity index (χ0v) is 16.0. The fourth-order valence-corrected chi connectivity index (χ4v) is 2.04. The highest BCUT2D eigenvalue weighted by Crippen LogP contribution is 2.04. The Balaban J connectivity index is 5.25. The van der Waals surface area contributed by atoms with Crippen LogP contribution in [0.1, 0.15) is 33.6 Å². The molecule has 3 amide bonds. The summed E-state index contributed by atoms with van der Waals surface area (Å²) in [7, 11) is 0. The number of amides is 3. The summed E-state index contributed by atoms with van der Waals surface area (Å²) in [5.41, 5.74) is 5.71. The van der Waals surface area contributed by atoms with Gasteiger partial charge in [-0.3, -0.25) is 24.0 Å². The average molecular weight is 404 g/mol. The van der Waals surface area contributed by atoms with Gasteiger partial charge in [0.2, 0.25) is 17.7 Å². The lowest BCUT2D eigenvalue weighted by Crippen LogP contribution is -2.59. The molecule has 0 saturated carbocycles. The van der Waals surface area contributed by atoms with Gasteiger partial charge in [-0.05, 0) is 19.3 Å². The summed E-state index contributed by atoms with van der Waals surface area (Å²) in [6, 6.07) is -3.76. The van der Waals surface area contributed by atoms with Crippen LogP contribution < -0.4 is 21.7 Å². The fourth-order valence-electron chi connectivity index (χ4n) is 2.04. The zero-order chi connectivity index (χ0) is 22.0. The predicted molar refractivity (Wildman–Crippen MR) is 95.9 cm³/mol. The molecule has 0 aromatic carbocycles. The van der Waals surface area contributed by atoms with Gasteiger partial charge in [-0.25, -0.2) is 0 Å². The Morgan fingerprint density at radius 1 is 0.893 bits per heavy atom. The van der Waals surface area contributed by atoms with Gasteiger partial charge in [-0.2, -0.15) is 0 Å². The van der Waals surface area contributed by atoms with Crippen molar-refractivity contribution in [3.8, 4) is 0 Å². The Morgan fingerprint density at radius 3 is 1.89 bits per heavy atom. The number of carbonyl (C=O) groups excluding carboxylic acids is 3. The van der Waals surface area contributed by atoms with E-state index in [0.29, 0.717) is 0 Å². The number of carbonyl (C=O) groups is 5. The number of hydrogen-bond donors (Lipinski definition) is 7. The van der Waals surface area contributed by atoms with Crippen LogP contribution in [0.25, 0.3) is 0 Å². The molecule has 0 bridgehead atoms. The molecular weight excluding hydrogens is 376 g/mol. The fraction of sp³-hybridized carbons (Fsp3) is 0.688. The summed E-state index contributed by atoms with van der Waals surface area (Å²) in [5.74, 6) is -5.31. The Bertz CT molecular complexity index is 593. The first kappa shape index (κ1) is 25.3. The molecule has 0 aromatic heterocycles. The third-order valence-corrected chi connectivity index (χ3v) is 3.78. The van der Waals surface area contributed by atoms with Crippen LogP contribution in [0.2, 0.25) is 0 Å². The number of aliphatic carboxylic acids is 2. The van der Waals surface area contributed by atoms with Crippen molar-refractivity contribution in [2.24, 2.45) is 11.7 Å². The highest BCUT2D eigenvalue weighted by atomic mass is 16.4. The molecule has 12 heteroatoms. The van der Waals surface area contributed by atoms with E-state index >= 15 is 0 Å². The van der Waals surface area contributed by atoms with Gasteiger partial charge in [0.25, 0.3) is 0 Å². The first-order chi connectivity index (χ1) is 12.9. The Kier molecular flexibility index (Phi) is 10.7. The van der Waals surface area contributed by atoms with Crippen LogP contribution in [0.3, 0.4) is 0 Å². The highest BCUT2D eigenvalue weighted by molar-refractivity contribution is 5.94. The van der Waals surface area contributed by atoms with Gasteiger partial charge in [0.15, 0.2) is 0 Å². The lowest BCUT2D eigenvalue weighted by Gasteiger charge is -2.25. The van der Waals surface area contributed by atoms with Crippen LogP contribution in [0, 0.1) is 5.92 Å². The molecule has 12 nitrogen and oxygen atoms in total. The molecule has 0 aliphatic carbocycles. The number of nitrogens with one attached hydrogen (secondary N) is 3. The van der Waals surface area contributed by atoms with Gasteiger partial charge in [0, 0.05) is 6.42 Å². The van der Waals surface area contributed by atoms with Gasteiger partial charge in [-0.15, -0.1) is 0 Å². The minimum Gasteiger partial charge on any atom is -0.481 e. The first-order valence-corrected chi connectivity index (χ1v) is 8.62. The topological polar surface area (TPSA) is 208 Å². The summed E-state index contributed by atoms with van der Waals surface area (Å²) < 4.78 is 0. The van der Waals surface area contributed by atoms with E-state index in [-0.39, 0.29) is 12.3 Å². The van der Waals surface area contributed by atoms with E-state index < -0.39 is 66.9 Å². The number of hydrogen-bond acceptors (Lipinski definition) is 7. The number of aliphatic hydroxyl groups excluding tert-OH is 1. The molecule has 8 N–H and O–H groups in total. The van der Waals surface area contributed by atoms with Crippen molar-refractivity contribution in [2.75, 3.05) is 6.54 Å². The molecular formula is C16H28N4O8. The van der Waals surface area contributed by atoms with E-state index in [4.69, 9.17) is 15.9 Å². The van der Waals surface area contributed by atoms with Crippen molar-refractivity contribution in [1.29, 1.82) is 0 Å². The number of rotatable bonds is 12. The van der Waals surface area contributed by atoms with Crippen molar-refractivity contribution in [1.82, 2.24) is 16.0 Å². The van der Waals surface area contributed by atoms with E-state index in [9.17, 15) is 29.1 Å². The van der Waals surface area contributed by atoms with E-state index in [2.05, 4.69) is 10.6 Å². The van der Waals surface area contributed by atoms with Crippen LogP contribution in [-0.4, -0.2) is 75.8 Å². The normalized spacial score (nSPS) is 15.1. The number of aliphatic hydroxyl groups is 1. The van der Waals surface area contributed by atoms with Crippen LogP contribution >= 0.6 is 0 Å². The third kappa shape index (κ3) is 9.28. The van der Waals surface area contributed by atoms with Crippen LogP contribution in [-0.2, 0) is 24.0 Å². The minimum absolute atomic E-state index is 0.241. The monoisotopic (exact) mass is 404 g/mol. The minimum atomic E-state index is -1.50. The smallest absolute Gasteiger partial charge is 0.322 e. The van der Waals surface area contributed by atoms with Crippen molar-refractivity contribution in [2.45, 2.75) is 57.8 Å². The Labute approximate surface area is 161 Å². The van der Waals surface area contributed by atoms with Gasteiger partial charge in [0.05, 0.1) is 12.1 Å². The first-order valence-electron chi connectivity index (χ1n) is 8.62. The second-order valence-electron chi connectivity index (χ2n) is 6.60. The second-order valence-corrected chi connectivity index (χ2v) is 6.60. The van der Waals surface area contributed by atoms with Gasteiger partial charge in [-0.1, -0.05) is 13.8 Å². The molecule has 0 radical (unpaired) electrons. The summed E-state index contributed by atoms with van der Waals surface area (Å²) >= 11 is 0. The molecule has 0 spiro atoms. The maximum Gasteiger partial charge on any atom is 0.322 e. The second kappa shape index (κ2) is 11.9. The molecule has 0 aliphatic rings. The third-order valence-electron chi connectivity index (χ3n) is 3.78. The standard InChI is InChI=1S/C16H28N4O8/c1-7(2)12(17)15(27)19-9(4-5-10(22)23)14(26)20-13(8(3)21)16(28)18-6-11(24)25/h7-9,12-13,21H,4-6,17H2,1-3H3,(H,18,28)(H,19,27)(H,20,26)(H,22,23)(H,24,25). The maximum absolute atomic E-state index is 12.5. The molecule has 4 atom stereocenters. The maximum atomic E-state index is 12.5. The molecule has 0 aliphatic heterocycles. The summed E-state index contributed by atoms with van der Waals surface area (Å²) in [6.07, 6.45) is -2.10. The van der Waals surface area contributed by atoms with E-state index in [1.165, 1.54) is 6.92 Å². The van der Waals surface area contributed by atoms with Gasteiger partial charge in [0.1, 0.15) is 18.6 Å².